The fraction of sp³-hybridized carbons (Fsp3) is 0.700. The Hall–Kier alpha value is -1.03. The molecule has 0 heterocycles. The molecule has 0 amide bonds. The Kier molecular flexibility index (Phi) is 4.46. The third-order valence-corrected chi connectivity index (χ3v) is 2.50. The summed E-state index contributed by atoms with van der Waals surface area (Å²) in [7, 11) is 1.43. The molecule has 0 spiro atoms. The fourth-order valence-electron chi connectivity index (χ4n) is 1.61. The quantitative estimate of drug-likeness (QED) is 0.301. The predicted octanol–water partition coefficient (Wildman–Crippen LogP) is -0.546. The molecule has 0 aliphatic heterocycles. The third kappa shape index (κ3) is 3.38. The van der Waals surface area contributed by atoms with Gasteiger partial charge in [0.1, 0.15) is 0 Å². The largest absolute Gasteiger partial charge is 0.545 e. The van der Waals surface area contributed by atoms with Gasteiger partial charge in [-0.25, -0.2) is 0 Å². The van der Waals surface area contributed by atoms with E-state index in [0.29, 0.717) is 0 Å². The summed E-state index contributed by atoms with van der Waals surface area (Å²) >= 11 is 0. The zero-order valence-electron chi connectivity index (χ0n) is 8.57. The van der Waals surface area contributed by atoms with Crippen LogP contribution in [0.25, 0.3) is 0 Å². The van der Waals surface area contributed by atoms with Gasteiger partial charge >= 0.3 is 6.08 Å². The van der Waals surface area contributed by atoms with Crippen LogP contribution in [0, 0.1) is 0 Å². The van der Waals surface area contributed by atoms with Gasteiger partial charge in [-0.2, -0.15) is 4.99 Å². The number of ether oxygens (including phenoxy) is 1. The molecule has 1 rings (SSSR count). The number of aliphatic hydroxyl groups excluding tert-OH is 1. The minimum atomic E-state index is -0.144. The summed E-state index contributed by atoms with van der Waals surface area (Å²) in [6, 6.07) is 0.164. The van der Waals surface area contributed by atoms with E-state index in [1.165, 1.54) is 7.11 Å². The van der Waals surface area contributed by atoms with Crippen LogP contribution < -0.4 is 10.7 Å². The molecule has 0 aromatic carbocycles. The van der Waals surface area contributed by atoms with Gasteiger partial charge in [0, 0.05) is 6.42 Å². The maximum absolute atomic E-state index is 9.20. The lowest BCUT2D eigenvalue weighted by Crippen LogP contribution is -2.84. The lowest BCUT2D eigenvalue weighted by Gasteiger charge is -2.16. The first kappa shape index (κ1) is 11.0. The lowest BCUT2D eigenvalue weighted by atomic mass is 9.97. The number of hydrogen-bond donors (Lipinski definition) is 3. The molecule has 4 N–H and O–H groups in total. The van der Waals surface area contributed by atoms with Gasteiger partial charge < -0.3 is 15.6 Å². The highest BCUT2D eigenvalue weighted by Crippen LogP contribution is 2.08. The summed E-state index contributed by atoms with van der Waals surface area (Å²) in [4.78, 5) is 2.88. The maximum Gasteiger partial charge on any atom is 0.545 e. The van der Waals surface area contributed by atoms with Gasteiger partial charge in [-0.05, 0) is 19.3 Å². The number of hydrogen-bond acceptors (Lipinski definition) is 2. The van der Waals surface area contributed by atoms with Crippen LogP contribution >= 0.6 is 0 Å². The van der Waals surface area contributed by atoms with Crippen molar-refractivity contribution in [2.75, 3.05) is 7.11 Å². The van der Waals surface area contributed by atoms with Gasteiger partial charge in [0.25, 0.3) is 0 Å². The molecule has 0 unspecified atom stereocenters. The van der Waals surface area contributed by atoms with Crippen molar-refractivity contribution in [3.05, 3.63) is 12.2 Å². The molecule has 4 nitrogen and oxygen atoms in total. The Balaban J connectivity index is 2.60. The second kappa shape index (κ2) is 5.65. The van der Waals surface area contributed by atoms with Crippen molar-refractivity contribution in [3.63, 3.8) is 0 Å². The van der Waals surface area contributed by atoms with Crippen molar-refractivity contribution in [2.45, 2.75) is 37.8 Å². The smallest absolute Gasteiger partial charge is 0.430 e. The number of nitrogens with one attached hydrogen (secondary N) is 1. The summed E-state index contributed by atoms with van der Waals surface area (Å²) in [5.74, 6) is 0. The van der Waals surface area contributed by atoms with Crippen LogP contribution in [-0.2, 0) is 4.74 Å². The Morgan fingerprint density at radius 2 is 2.07 bits per heavy atom. The summed E-state index contributed by atoms with van der Waals surface area (Å²) in [5.41, 5.74) is 5.98. The number of nitrogens with two attached hydrogens (primary N) is 1. The van der Waals surface area contributed by atoms with E-state index in [9.17, 15) is 5.11 Å². The SMILES string of the molecule is COC(O)=[NH+][C@H]1CCC=CCC[C@@H]1N. The Morgan fingerprint density at radius 3 is 2.71 bits per heavy atom. The first-order valence-electron chi connectivity index (χ1n) is 5.01. The number of aliphatic hydroxyl groups is 1. The molecular formula is C10H19N2O2+. The van der Waals surface area contributed by atoms with Crippen LogP contribution in [0.4, 0.5) is 0 Å². The van der Waals surface area contributed by atoms with E-state index in [-0.39, 0.29) is 18.2 Å². The summed E-state index contributed by atoms with van der Waals surface area (Å²) in [6.07, 6.45) is 8.03. The van der Waals surface area contributed by atoms with Crippen molar-refractivity contribution >= 4 is 6.08 Å². The van der Waals surface area contributed by atoms with Crippen LogP contribution in [-0.4, -0.2) is 30.4 Å². The molecule has 0 radical (unpaired) electrons. The second-order valence-corrected chi connectivity index (χ2v) is 3.55. The summed E-state index contributed by atoms with van der Waals surface area (Å²) in [6.45, 7) is 0. The zero-order chi connectivity index (χ0) is 10.4. The van der Waals surface area contributed by atoms with E-state index in [0.717, 1.165) is 25.7 Å². The average Bonchev–Trinajstić information content (AvgIpc) is 2.17. The van der Waals surface area contributed by atoms with Crippen molar-refractivity contribution in [1.82, 2.24) is 0 Å². The van der Waals surface area contributed by atoms with E-state index in [1.54, 1.807) is 0 Å². The van der Waals surface area contributed by atoms with Crippen molar-refractivity contribution in [2.24, 2.45) is 5.73 Å². The van der Waals surface area contributed by atoms with Crippen molar-refractivity contribution in [3.8, 4) is 0 Å². The molecule has 0 fully saturated rings. The highest BCUT2D eigenvalue weighted by Gasteiger charge is 2.23. The molecule has 0 aromatic heterocycles. The first-order chi connectivity index (χ1) is 6.74. The van der Waals surface area contributed by atoms with Crippen molar-refractivity contribution in [1.29, 1.82) is 0 Å². The summed E-state index contributed by atoms with van der Waals surface area (Å²) < 4.78 is 4.66. The van der Waals surface area contributed by atoms with Gasteiger partial charge in [0.05, 0.1) is 13.2 Å². The summed E-state index contributed by atoms with van der Waals surface area (Å²) in [5, 5.41) is 9.20. The van der Waals surface area contributed by atoms with Crippen molar-refractivity contribution < 1.29 is 14.8 Å². The first-order valence-corrected chi connectivity index (χ1v) is 5.01. The average molecular weight is 199 g/mol. The zero-order valence-corrected chi connectivity index (χ0v) is 8.57. The molecule has 1 aliphatic rings. The van der Waals surface area contributed by atoms with Gasteiger partial charge in [-0.3, -0.25) is 0 Å². The molecule has 4 heteroatoms. The van der Waals surface area contributed by atoms with E-state index in [2.05, 4.69) is 21.9 Å². The van der Waals surface area contributed by atoms with E-state index < -0.39 is 0 Å². The van der Waals surface area contributed by atoms with Crippen LogP contribution in [0.5, 0.6) is 0 Å². The number of allylic oxidation sites excluding steroid dienone is 2. The Bertz CT molecular complexity index is 226. The second-order valence-electron chi connectivity index (χ2n) is 3.55. The molecule has 0 saturated heterocycles. The van der Waals surface area contributed by atoms with Gasteiger partial charge in [0.15, 0.2) is 6.04 Å². The van der Waals surface area contributed by atoms with E-state index in [4.69, 9.17) is 5.73 Å². The fourth-order valence-corrected chi connectivity index (χ4v) is 1.61. The molecule has 0 bridgehead atoms. The van der Waals surface area contributed by atoms with Gasteiger partial charge in [-0.15, -0.1) is 0 Å². The standard InChI is InChI=1S/C10H18N2O2/c1-14-10(13)12-9-7-5-3-2-4-6-8(9)11/h2-3,8-9H,4-7,11H2,1H3,(H,12,13)/p+1/t8-,9-/m0/s1. The monoisotopic (exact) mass is 199 g/mol. The molecule has 0 aromatic rings. The lowest BCUT2D eigenvalue weighted by molar-refractivity contribution is -0.526. The number of methoxy groups -OCH3 is 1. The Labute approximate surface area is 84.5 Å². The number of rotatable bonds is 1. The van der Waals surface area contributed by atoms with Crippen LogP contribution in [0.3, 0.4) is 0 Å². The normalized spacial score (nSPS) is 29.4. The Morgan fingerprint density at radius 1 is 1.43 bits per heavy atom. The van der Waals surface area contributed by atoms with Crippen LogP contribution in [0.2, 0.25) is 0 Å². The minimum Gasteiger partial charge on any atom is -0.430 e. The van der Waals surface area contributed by atoms with E-state index in [1.807, 2.05) is 0 Å². The van der Waals surface area contributed by atoms with Gasteiger partial charge in [0.2, 0.25) is 0 Å². The molecule has 1 aliphatic carbocycles. The molecular weight excluding hydrogens is 180 g/mol. The molecule has 80 valence electrons. The van der Waals surface area contributed by atoms with E-state index >= 15 is 0 Å². The maximum atomic E-state index is 9.20. The van der Waals surface area contributed by atoms with Crippen LogP contribution in [0.15, 0.2) is 12.2 Å². The van der Waals surface area contributed by atoms with Crippen LogP contribution in [0.1, 0.15) is 25.7 Å². The third-order valence-electron chi connectivity index (χ3n) is 2.50. The molecule has 0 saturated carbocycles. The highest BCUT2D eigenvalue weighted by molar-refractivity contribution is 5.56. The topological polar surface area (TPSA) is 69.5 Å². The van der Waals surface area contributed by atoms with Gasteiger partial charge in [-0.1, -0.05) is 12.2 Å². The highest BCUT2D eigenvalue weighted by atomic mass is 16.6. The minimum absolute atomic E-state index is 0.0669. The predicted molar refractivity (Wildman–Crippen MR) is 55.0 cm³/mol. The molecule has 14 heavy (non-hydrogen) atoms. The molecule has 2 atom stereocenters.